The van der Waals surface area contributed by atoms with Crippen molar-refractivity contribution in [2.24, 2.45) is 0 Å². The largest absolute Gasteiger partial charge is 0.507 e. The van der Waals surface area contributed by atoms with Crippen molar-refractivity contribution in [3.63, 3.8) is 0 Å². The van der Waals surface area contributed by atoms with Gasteiger partial charge in [0.1, 0.15) is 5.75 Å². The summed E-state index contributed by atoms with van der Waals surface area (Å²) in [6, 6.07) is 24.5. The summed E-state index contributed by atoms with van der Waals surface area (Å²) in [7, 11) is 2.39. The molecule has 1 atom stereocenters. The molecule has 0 spiro atoms. The Bertz CT molecular complexity index is 787. The molecule has 23 heavy (non-hydrogen) atoms. The number of phenols is 1. The Kier molecular flexibility index (Phi) is 5.07. The molecule has 2 nitrogen and oxygen atoms in total. The van der Waals surface area contributed by atoms with Crippen LogP contribution in [0.15, 0.2) is 72.8 Å². The molecule has 3 aromatic rings. The van der Waals surface area contributed by atoms with Crippen molar-refractivity contribution in [1.29, 1.82) is 0 Å². The van der Waals surface area contributed by atoms with Crippen molar-refractivity contribution < 1.29 is 5.11 Å². The molecule has 3 heteroatoms. The van der Waals surface area contributed by atoms with Crippen LogP contribution < -0.4 is 15.9 Å². The van der Waals surface area contributed by atoms with Gasteiger partial charge in [0.05, 0.1) is 0 Å². The Hall–Kier alpha value is -2.15. The van der Waals surface area contributed by atoms with E-state index in [-0.39, 0.29) is 0 Å². The smallest absolute Gasteiger partial charge is 0.123 e. The van der Waals surface area contributed by atoms with Gasteiger partial charge in [0.15, 0.2) is 0 Å². The van der Waals surface area contributed by atoms with Gasteiger partial charge in [-0.3, -0.25) is 0 Å². The van der Waals surface area contributed by atoms with Gasteiger partial charge in [-0.2, -0.15) is 0 Å². The Morgan fingerprint density at radius 3 is 2.35 bits per heavy atom. The molecule has 2 N–H and O–H groups in total. The molecule has 0 aromatic heterocycles. The molecule has 116 valence electrons. The molecule has 0 amide bonds. The second-order valence-electron chi connectivity index (χ2n) is 5.41. The quantitative estimate of drug-likeness (QED) is 0.706. The van der Waals surface area contributed by atoms with Gasteiger partial charge in [0.25, 0.3) is 0 Å². The highest BCUT2D eigenvalue weighted by molar-refractivity contribution is 7.55. The summed E-state index contributed by atoms with van der Waals surface area (Å²) in [5.74, 6) is 0.363. The van der Waals surface area contributed by atoms with Gasteiger partial charge in [-0.15, -0.1) is 0 Å². The number of rotatable bonds is 5. The lowest BCUT2D eigenvalue weighted by Crippen LogP contribution is -2.15. The average Bonchev–Trinajstić information content (AvgIpc) is 2.59. The number of hydrogen-bond acceptors (Lipinski definition) is 2. The minimum atomic E-state index is 0.363. The second-order valence-corrected chi connectivity index (χ2v) is 6.74. The lowest BCUT2D eigenvalue weighted by molar-refractivity contribution is 0.480. The van der Waals surface area contributed by atoms with Gasteiger partial charge >= 0.3 is 0 Å². The van der Waals surface area contributed by atoms with E-state index < -0.39 is 0 Å². The van der Waals surface area contributed by atoms with Crippen LogP contribution in [0, 0.1) is 0 Å². The maximum Gasteiger partial charge on any atom is 0.123 e. The Morgan fingerprint density at radius 2 is 1.57 bits per heavy atom. The van der Waals surface area contributed by atoms with Crippen LogP contribution in [-0.4, -0.2) is 12.2 Å². The van der Waals surface area contributed by atoms with E-state index in [1.54, 1.807) is 6.07 Å². The fraction of sp³-hybridized carbons (Fsp3) is 0.100. The minimum Gasteiger partial charge on any atom is -0.507 e. The van der Waals surface area contributed by atoms with Gasteiger partial charge in [0.2, 0.25) is 0 Å². The first-order chi connectivity index (χ1) is 11.3. The first-order valence-electron chi connectivity index (χ1n) is 7.66. The predicted molar refractivity (Wildman–Crippen MR) is 100 cm³/mol. The number of phenolic OH excluding ortho intramolecular Hbond substituents is 1. The van der Waals surface area contributed by atoms with Crippen molar-refractivity contribution in [2.75, 3.05) is 7.05 Å². The highest BCUT2D eigenvalue weighted by atomic mass is 31.1. The van der Waals surface area contributed by atoms with Gasteiger partial charge in [-0.05, 0) is 41.2 Å². The monoisotopic (exact) mass is 321 g/mol. The van der Waals surface area contributed by atoms with E-state index in [1.165, 1.54) is 16.4 Å². The summed E-state index contributed by atoms with van der Waals surface area (Å²) in [6.45, 7) is 0.836. The molecule has 0 heterocycles. The third-order valence-corrected chi connectivity index (χ3v) is 5.18. The van der Waals surface area contributed by atoms with E-state index in [2.05, 4.69) is 47.8 Å². The molecule has 0 saturated carbocycles. The molecule has 0 saturated heterocycles. The van der Waals surface area contributed by atoms with Gasteiger partial charge in [-0.1, -0.05) is 69.2 Å². The molecule has 1 unspecified atom stereocenters. The third kappa shape index (κ3) is 3.79. The van der Waals surface area contributed by atoms with E-state index >= 15 is 0 Å². The highest BCUT2D eigenvalue weighted by Crippen LogP contribution is 2.26. The van der Waals surface area contributed by atoms with E-state index in [9.17, 15) is 5.11 Å². The summed E-state index contributed by atoms with van der Waals surface area (Å²) < 4.78 is 0. The Balaban J connectivity index is 1.94. The number of nitrogens with one attached hydrogen (secondary N) is 1. The molecule has 3 aromatic carbocycles. The van der Waals surface area contributed by atoms with E-state index in [0.29, 0.717) is 14.3 Å². The maximum atomic E-state index is 10.3. The highest BCUT2D eigenvalue weighted by Gasteiger charge is 2.08. The first-order valence-corrected chi connectivity index (χ1v) is 8.66. The van der Waals surface area contributed by atoms with Crippen molar-refractivity contribution in [3.8, 4) is 16.9 Å². The lowest BCUT2D eigenvalue weighted by Gasteiger charge is -2.12. The topological polar surface area (TPSA) is 32.3 Å². The molecule has 0 radical (unpaired) electrons. The van der Waals surface area contributed by atoms with Gasteiger partial charge < -0.3 is 10.4 Å². The van der Waals surface area contributed by atoms with Gasteiger partial charge in [0, 0.05) is 11.8 Å². The van der Waals surface area contributed by atoms with Crippen LogP contribution >= 0.6 is 8.58 Å². The zero-order valence-electron chi connectivity index (χ0n) is 13.1. The fourth-order valence-corrected chi connectivity index (χ4v) is 3.82. The average molecular weight is 321 g/mol. The fourth-order valence-electron chi connectivity index (χ4n) is 2.58. The zero-order chi connectivity index (χ0) is 16.1. The molecule has 0 aliphatic carbocycles. The van der Waals surface area contributed by atoms with Crippen LogP contribution in [0.25, 0.3) is 11.1 Å². The van der Waals surface area contributed by atoms with Crippen molar-refractivity contribution in [1.82, 2.24) is 5.32 Å². The third-order valence-electron chi connectivity index (χ3n) is 3.76. The van der Waals surface area contributed by atoms with E-state index in [0.717, 1.165) is 17.4 Å². The number of benzene rings is 3. The lowest BCUT2D eigenvalue weighted by atomic mass is 10.1. The summed E-state index contributed by atoms with van der Waals surface area (Å²) in [5.41, 5.74) is 3.58. The molecule has 0 aliphatic heterocycles. The molecule has 0 aliphatic rings. The Morgan fingerprint density at radius 1 is 0.826 bits per heavy atom. The molecular weight excluding hydrogens is 301 g/mol. The van der Waals surface area contributed by atoms with E-state index in [1.807, 2.05) is 31.3 Å². The first kappa shape index (κ1) is 15.7. The van der Waals surface area contributed by atoms with Crippen LogP contribution in [-0.2, 0) is 6.54 Å². The van der Waals surface area contributed by atoms with Crippen molar-refractivity contribution in [2.45, 2.75) is 6.54 Å². The normalized spacial score (nSPS) is 11.2. The van der Waals surface area contributed by atoms with E-state index in [4.69, 9.17) is 0 Å². The van der Waals surface area contributed by atoms with Crippen LogP contribution in [0.3, 0.4) is 0 Å². The van der Waals surface area contributed by atoms with Crippen LogP contribution in [0.1, 0.15) is 5.56 Å². The van der Waals surface area contributed by atoms with Crippen molar-refractivity contribution in [3.05, 3.63) is 78.4 Å². The number of hydrogen-bond donors (Lipinski definition) is 2. The second kappa shape index (κ2) is 7.41. The molecule has 3 rings (SSSR count). The molecular formula is C20H20NOP. The Labute approximate surface area is 139 Å². The zero-order valence-corrected chi connectivity index (χ0v) is 14.1. The van der Waals surface area contributed by atoms with Crippen LogP contribution in [0.2, 0.25) is 0 Å². The maximum absolute atomic E-state index is 10.3. The van der Waals surface area contributed by atoms with Crippen molar-refractivity contribution >= 4 is 19.2 Å². The SMILES string of the molecule is CNCc1ccccc1Pc1cc(-c2ccccc2)ccc1O. The predicted octanol–water partition coefficient (Wildman–Crippen LogP) is 3.41. The van der Waals surface area contributed by atoms with Crippen LogP contribution in [0.5, 0.6) is 5.75 Å². The minimum absolute atomic E-state index is 0.363. The van der Waals surface area contributed by atoms with Crippen LogP contribution in [0.4, 0.5) is 0 Å². The standard InChI is InChI=1S/C20H20NOP/c1-21-14-17-9-5-6-10-19(17)23-20-13-16(11-12-18(20)22)15-7-3-2-4-8-15/h2-13,21-23H,14H2,1H3. The summed E-state index contributed by atoms with van der Waals surface area (Å²) in [5, 5.41) is 15.7. The molecule has 0 fully saturated rings. The van der Waals surface area contributed by atoms with Gasteiger partial charge in [-0.25, -0.2) is 0 Å². The molecule has 0 bridgehead atoms. The number of aromatic hydroxyl groups is 1. The summed E-state index contributed by atoms with van der Waals surface area (Å²) in [6.07, 6.45) is 0. The summed E-state index contributed by atoms with van der Waals surface area (Å²) >= 11 is 0. The summed E-state index contributed by atoms with van der Waals surface area (Å²) in [4.78, 5) is 0.